The SMILES string of the molecule is CC=CCNc1c(OC)cc(C(N)=O)cc1[N+](=O)[O-]. The van der Waals surface area contributed by atoms with Gasteiger partial charge in [-0.15, -0.1) is 0 Å². The highest BCUT2D eigenvalue weighted by atomic mass is 16.6. The fourth-order valence-electron chi connectivity index (χ4n) is 1.50. The molecule has 0 unspecified atom stereocenters. The maximum atomic E-state index is 11.1. The molecule has 0 fully saturated rings. The molecule has 0 aliphatic heterocycles. The number of hydrogen-bond acceptors (Lipinski definition) is 5. The standard InChI is InChI=1S/C12H15N3O4/c1-3-4-5-14-11-9(15(17)18)6-8(12(13)16)7-10(11)19-2/h3-4,6-7,14H,5H2,1-2H3,(H2,13,16). The molecule has 0 saturated carbocycles. The molecule has 0 atom stereocenters. The van der Waals surface area contributed by atoms with Gasteiger partial charge in [0.05, 0.1) is 12.0 Å². The third-order valence-corrected chi connectivity index (χ3v) is 2.41. The Bertz CT molecular complexity index is 526. The van der Waals surface area contributed by atoms with Crippen LogP contribution < -0.4 is 15.8 Å². The Labute approximate surface area is 110 Å². The normalized spacial score (nSPS) is 10.4. The fraction of sp³-hybridized carbons (Fsp3) is 0.250. The first kappa shape index (κ1) is 14.5. The molecule has 0 aliphatic rings. The summed E-state index contributed by atoms with van der Waals surface area (Å²) in [6, 6.07) is 2.50. The number of hydrogen-bond donors (Lipinski definition) is 2. The lowest BCUT2D eigenvalue weighted by Gasteiger charge is -2.11. The Kier molecular flexibility index (Phi) is 4.87. The first-order valence-corrected chi connectivity index (χ1v) is 5.52. The molecule has 0 spiro atoms. The molecule has 102 valence electrons. The van der Waals surface area contributed by atoms with Gasteiger partial charge in [-0.05, 0) is 13.0 Å². The average Bonchev–Trinajstić information content (AvgIpc) is 2.38. The Hall–Kier alpha value is -2.57. The summed E-state index contributed by atoms with van der Waals surface area (Å²) in [7, 11) is 1.37. The van der Waals surface area contributed by atoms with E-state index in [2.05, 4.69) is 5.32 Å². The minimum atomic E-state index is -0.749. The van der Waals surface area contributed by atoms with Gasteiger partial charge in [-0.2, -0.15) is 0 Å². The molecule has 1 amide bonds. The predicted octanol–water partition coefficient (Wildman–Crippen LogP) is 1.69. The molecule has 3 N–H and O–H groups in total. The lowest BCUT2D eigenvalue weighted by Crippen LogP contribution is -2.13. The molecule has 1 aromatic carbocycles. The summed E-state index contributed by atoms with van der Waals surface area (Å²) in [6.07, 6.45) is 3.61. The molecule has 0 bridgehead atoms. The number of benzene rings is 1. The molecule has 1 rings (SSSR count). The van der Waals surface area contributed by atoms with E-state index in [4.69, 9.17) is 10.5 Å². The summed E-state index contributed by atoms with van der Waals surface area (Å²) >= 11 is 0. The van der Waals surface area contributed by atoms with Gasteiger partial charge in [-0.3, -0.25) is 14.9 Å². The minimum Gasteiger partial charge on any atom is -0.494 e. The predicted molar refractivity (Wildman–Crippen MR) is 71.5 cm³/mol. The van der Waals surface area contributed by atoms with Crippen LogP contribution in [0.4, 0.5) is 11.4 Å². The van der Waals surface area contributed by atoms with Gasteiger partial charge in [0.1, 0.15) is 5.75 Å². The fourth-order valence-corrected chi connectivity index (χ4v) is 1.50. The number of primary amides is 1. The van der Waals surface area contributed by atoms with Crippen molar-refractivity contribution in [2.45, 2.75) is 6.92 Å². The Morgan fingerprint density at radius 2 is 2.26 bits per heavy atom. The van der Waals surface area contributed by atoms with Crippen molar-refractivity contribution in [1.29, 1.82) is 0 Å². The molecule has 0 radical (unpaired) electrons. The van der Waals surface area contributed by atoms with Gasteiger partial charge in [0.2, 0.25) is 5.91 Å². The van der Waals surface area contributed by atoms with E-state index in [9.17, 15) is 14.9 Å². The number of amides is 1. The van der Waals surface area contributed by atoms with E-state index in [1.807, 2.05) is 13.0 Å². The van der Waals surface area contributed by atoms with E-state index < -0.39 is 10.8 Å². The number of carbonyl (C=O) groups excluding carboxylic acids is 1. The maximum Gasteiger partial charge on any atom is 0.296 e. The van der Waals surface area contributed by atoms with E-state index in [0.29, 0.717) is 6.54 Å². The summed E-state index contributed by atoms with van der Waals surface area (Å²) < 4.78 is 5.06. The molecule has 0 aliphatic carbocycles. The van der Waals surface area contributed by atoms with Gasteiger partial charge < -0.3 is 15.8 Å². The van der Waals surface area contributed by atoms with Crippen molar-refractivity contribution in [3.05, 3.63) is 40.0 Å². The van der Waals surface area contributed by atoms with Crippen molar-refractivity contribution >= 4 is 17.3 Å². The van der Waals surface area contributed by atoms with Crippen LogP contribution in [-0.2, 0) is 0 Å². The number of anilines is 1. The van der Waals surface area contributed by atoms with Crippen LogP contribution in [0.25, 0.3) is 0 Å². The van der Waals surface area contributed by atoms with Crippen LogP contribution in [0.2, 0.25) is 0 Å². The average molecular weight is 265 g/mol. The van der Waals surface area contributed by atoms with Gasteiger partial charge in [0, 0.05) is 18.2 Å². The van der Waals surface area contributed by atoms with Crippen LogP contribution in [-0.4, -0.2) is 24.5 Å². The first-order chi connectivity index (χ1) is 9.01. The van der Waals surface area contributed by atoms with E-state index in [-0.39, 0.29) is 22.7 Å². The number of nitrogens with zero attached hydrogens (tertiary/aromatic N) is 1. The highest BCUT2D eigenvalue weighted by molar-refractivity contribution is 5.95. The first-order valence-electron chi connectivity index (χ1n) is 5.52. The van der Waals surface area contributed by atoms with Crippen LogP contribution in [0, 0.1) is 10.1 Å². The van der Waals surface area contributed by atoms with E-state index in [1.54, 1.807) is 6.08 Å². The topological polar surface area (TPSA) is 107 Å². The maximum absolute atomic E-state index is 11.1. The Balaban J connectivity index is 3.31. The van der Waals surface area contributed by atoms with Crippen molar-refractivity contribution in [3.8, 4) is 5.75 Å². The van der Waals surface area contributed by atoms with Crippen molar-refractivity contribution in [3.63, 3.8) is 0 Å². The second-order valence-electron chi connectivity index (χ2n) is 3.64. The number of ether oxygens (including phenoxy) is 1. The van der Waals surface area contributed by atoms with Crippen molar-refractivity contribution in [2.75, 3.05) is 19.0 Å². The van der Waals surface area contributed by atoms with Gasteiger partial charge in [0.25, 0.3) is 5.69 Å². The zero-order valence-corrected chi connectivity index (χ0v) is 10.7. The van der Waals surface area contributed by atoms with Gasteiger partial charge in [0.15, 0.2) is 5.69 Å². The zero-order valence-electron chi connectivity index (χ0n) is 10.7. The minimum absolute atomic E-state index is 0.0279. The lowest BCUT2D eigenvalue weighted by molar-refractivity contribution is -0.384. The summed E-state index contributed by atoms with van der Waals surface area (Å²) in [4.78, 5) is 21.6. The van der Waals surface area contributed by atoms with Gasteiger partial charge in [-0.1, -0.05) is 12.2 Å². The van der Waals surface area contributed by atoms with E-state index in [0.717, 1.165) is 6.07 Å². The second-order valence-corrected chi connectivity index (χ2v) is 3.64. The molecule has 1 aromatic rings. The van der Waals surface area contributed by atoms with Crippen molar-refractivity contribution in [2.24, 2.45) is 5.73 Å². The van der Waals surface area contributed by atoms with Crippen LogP contribution in [0.1, 0.15) is 17.3 Å². The van der Waals surface area contributed by atoms with Gasteiger partial charge in [-0.25, -0.2) is 0 Å². The molecule has 7 heteroatoms. The second kappa shape index (κ2) is 6.39. The molecule has 0 aromatic heterocycles. The summed E-state index contributed by atoms with van der Waals surface area (Å²) in [5.41, 5.74) is 5.12. The number of allylic oxidation sites excluding steroid dienone is 1. The molecule has 7 nitrogen and oxygen atoms in total. The number of nitro groups is 1. The summed E-state index contributed by atoms with van der Waals surface area (Å²) in [5, 5.41) is 13.9. The van der Waals surface area contributed by atoms with Crippen LogP contribution in [0.15, 0.2) is 24.3 Å². The smallest absolute Gasteiger partial charge is 0.296 e. The highest BCUT2D eigenvalue weighted by Gasteiger charge is 2.21. The number of nitrogens with one attached hydrogen (secondary N) is 1. The molecular weight excluding hydrogens is 250 g/mol. The lowest BCUT2D eigenvalue weighted by atomic mass is 10.1. The third-order valence-electron chi connectivity index (χ3n) is 2.41. The monoisotopic (exact) mass is 265 g/mol. The van der Waals surface area contributed by atoms with Crippen LogP contribution in [0.3, 0.4) is 0 Å². The number of rotatable bonds is 6. The van der Waals surface area contributed by atoms with E-state index in [1.165, 1.54) is 13.2 Å². The van der Waals surface area contributed by atoms with Crippen LogP contribution >= 0.6 is 0 Å². The molecule has 19 heavy (non-hydrogen) atoms. The van der Waals surface area contributed by atoms with Crippen molar-refractivity contribution < 1.29 is 14.5 Å². The Morgan fingerprint density at radius 3 is 2.74 bits per heavy atom. The number of carbonyl (C=O) groups is 1. The van der Waals surface area contributed by atoms with Crippen LogP contribution in [0.5, 0.6) is 5.75 Å². The molecule has 0 heterocycles. The number of nitrogens with two attached hydrogens (primary N) is 1. The van der Waals surface area contributed by atoms with Gasteiger partial charge >= 0.3 is 0 Å². The van der Waals surface area contributed by atoms with E-state index >= 15 is 0 Å². The summed E-state index contributed by atoms with van der Waals surface area (Å²) in [5.74, 6) is -0.547. The quantitative estimate of drug-likeness (QED) is 0.462. The zero-order chi connectivity index (χ0) is 14.4. The van der Waals surface area contributed by atoms with Crippen molar-refractivity contribution in [1.82, 2.24) is 0 Å². The summed E-state index contributed by atoms with van der Waals surface area (Å²) in [6.45, 7) is 2.24. The highest BCUT2D eigenvalue weighted by Crippen LogP contribution is 2.35. The molecule has 0 saturated heterocycles. The molecular formula is C12H15N3O4. The Morgan fingerprint density at radius 1 is 1.58 bits per heavy atom. The third kappa shape index (κ3) is 3.44. The number of nitro benzene ring substituents is 1. The largest absolute Gasteiger partial charge is 0.494 e. The number of methoxy groups -OCH3 is 1.